The molecule has 0 N–H and O–H groups in total. The SMILES string of the molecule is COC(=O)CCN(C)C[C@H]1CCCO1. The second-order valence-electron chi connectivity index (χ2n) is 3.72. The molecular formula is C10H19NO3. The first-order valence-electron chi connectivity index (χ1n) is 5.09. The topological polar surface area (TPSA) is 38.8 Å². The Hall–Kier alpha value is -0.610. The van der Waals surface area contributed by atoms with E-state index in [0.717, 1.165) is 32.5 Å². The summed E-state index contributed by atoms with van der Waals surface area (Å²) in [6.45, 7) is 2.54. The zero-order valence-electron chi connectivity index (χ0n) is 8.99. The van der Waals surface area contributed by atoms with Crippen LogP contribution in [0.5, 0.6) is 0 Å². The number of carbonyl (C=O) groups excluding carboxylic acids is 1. The van der Waals surface area contributed by atoms with Crippen molar-refractivity contribution in [2.24, 2.45) is 0 Å². The summed E-state index contributed by atoms with van der Waals surface area (Å²) < 4.78 is 10.1. The van der Waals surface area contributed by atoms with Gasteiger partial charge < -0.3 is 14.4 Å². The maximum atomic E-state index is 10.9. The third-order valence-corrected chi connectivity index (χ3v) is 2.46. The minimum atomic E-state index is -0.149. The van der Waals surface area contributed by atoms with E-state index in [0.29, 0.717) is 12.5 Å². The number of likely N-dealkylation sites (N-methyl/N-ethyl adjacent to an activating group) is 1. The van der Waals surface area contributed by atoms with E-state index in [2.05, 4.69) is 9.64 Å². The molecule has 0 radical (unpaired) electrons. The molecular weight excluding hydrogens is 182 g/mol. The average molecular weight is 201 g/mol. The predicted octanol–water partition coefficient (Wildman–Crippen LogP) is 0.660. The Bertz CT molecular complexity index is 178. The Labute approximate surface area is 85.2 Å². The molecule has 1 aliphatic rings. The van der Waals surface area contributed by atoms with Gasteiger partial charge in [-0.3, -0.25) is 4.79 Å². The third kappa shape index (κ3) is 4.07. The van der Waals surface area contributed by atoms with Crippen molar-refractivity contribution in [1.82, 2.24) is 4.90 Å². The maximum absolute atomic E-state index is 10.9. The van der Waals surface area contributed by atoms with Gasteiger partial charge in [0.25, 0.3) is 0 Å². The lowest BCUT2D eigenvalue weighted by Gasteiger charge is -2.19. The first kappa shape index (κ1) is 11.5. The quantitative estimate of drug-likeness (QED) is 0.612. The van der Waals surface area contributed by atoms with E-state index in [1.807, 2.05) is 7.05 Å². The highest BCUT2D eigenvalue weighted by molar-refractivity contribution is 5.69. The number of rotatable bonds is 5. The molecule has 1 aliphatic heterocycles. The van der Waals surface area contributed by atoms with Crippen molar-refractivity contribution in [2.45, 2.75) is 25.4 Å². The molecule has 0 bridgehead atoms. The van der Waals surface area contributed by atoms with Gasteiger partial charge in [-0.1, -0.05) is 0 Å². The molecule has 0 spiro atoms. The van der Waals surface area contributed by atoms with E-state index in [-0.39, 0.29) is 5.97 Å². The average Bonchev–Trinajstić information content (AvgIpc) is 2.66. The van der Waals surface area contributed by atoms with E-state index < -0.39 is 0 Å². The van der Waals surface area contributed by atoms with Crippen LogP contribution in [-0.4, -0.2) is 50.8 Å². The number of hydrogen-bond donors (Lipinski definition) is 0. The van der Waals surface area contributed by atoms with Crippen molar-refractivity contribution in [2.75, 3.05) is 33.9 Å². The first-order chi connectivity index (χ1) is 6.72. The lowest BCUT2D eigenvalue weighted by atomic mass is 10.2. The summed E-state index contributed by atoms with van der Waals surface area (Å²) in [4.78, 5) is 13.0. The second-order valence-corrected chi connectivity index (χ2v) is 3.72. The van der Waals surface area contributed by atoms with Gasteiger partial charge >= 0.3 is 5.97 Å². The molecule has 1 heterocycles. The summed E-state index contributed by atoms with van der Waals surface area (Å²) in [5.41, 5.74) is 0. The van der Waals surface area contributed by atoms with Crippen LogP contribution < -0.4 is 0 Å². The zero-order chi connectivity index (χ0) is 10.4. The van der Waals surface area contributed by atoms with Gasteiger partial charge in [0, 0.05) is 19.7 Å². The third-order valence-electron chi connectivity index (χ3n) is 2.46. The van der Waals surface area contributed by atoms with Crippen LogP contribution in [0.4, 0.5) is 0 Å². The molecule has 4 nitrogen and oxygen atoms in total. The predicted molar refractivity (Wildman–Crippen MR) is 53.1 cm³/mol. The Morgan fingerprint density at radius 1 is 1.64 bits per heavy atom. The molecule has 82 valence electrons. The highest BCUT2D eigenvalue weighted by Gasteiger charge is 2.17. The van der Waals surface area contributed by atoms with E-state index in [9.17, 15) is 4.79 Å². The van der Waals surface area contributed by atoms with Crippen LogP contribution in [0.15, 0.2) is 0 Å². The molecule has 0 aromatic rings. The first-order valence-corrected chi connectivity index (χ1v) is 5.09. The van der Waals surface area contributed by atoms with Crippen LogP contribution >= 0.6 is 0 Å². The van der Waals surface area contributed by atoms with Gasteiger partial charge in [-0.05, 0) is 19.9 Å². The molecule has 1 atom stereocenters. The fraction of sp³-hybridized carbons (Fsp3) is 0.900. The van der Waals surface area contributed by atoms with Crippen LogP contribution in [-0.2, 0) is 14.3 Å². The summed E-state index contributed by atoms with van der Waals surface area (Å²) in [7, 11) is 3.42. The Kier molecular flexibility index (Phi) is 4.90. The molecule has 0 saturated carbocycles. The summed E-state index contributed by atoms with van der Waals surface area (Å²) >= 11 is 0. The van der Waals surface area contributed by atoms with Crippen LogP contribution in [0, 0.1) is 0 Å². The van der Waals surface area contributed by atoms with Crippen LogP contribution in [0.2, 0.25) is 0 Å². The highest BCUT2D eigenvalue weighted by Crippen LogP contribution is 2.12. The van der Waals surface area contributed by atoms with Crippen LogP contribution in [0.3, 0.4) is 0 Å². The molecule has 0 aromatic heterocycles. The van der Waals surface area contributed by atoms with Gasteiger partial charge in [-0.2, -0.15) is 0 Å². The number of methoxy groups -OCH3 is 1. The van der Waals surface area contributed by atoms with E-state index in [4.69, 9.17) is 4.74 Å². The zero-order valence-corrected chi connectivity index (χ0v) is 8.99. The maximum Gasteiger partial charge on any atom is 0.306 e. The van der Waals surface area contributed by atoms with Crippen LogP contribution in [0.1, 0.15) is 19.3 Å². The van der Waals surface area contributed by atoms with Crippen molar-refractivity contribution in [3.63, 3.8) is 0 Å². The van der Waals surface area contributed by atoms with E-state index >= 15 is 0 Å². The lowest BCUT2D eigenvalue weighted by Crippen LogP contribution is -2.30. The monoisotopic (exact) mass is 201 g/mol. The number of esters is 1. The second kappa shape index (κ2) is 5.98. The van der Waals surface area contributed by atoms with Crippen LogP contribution in [0.25, 0.3) is 0 Å². The molecule has 1 rings (SSSR count). The summed E-state index contributed by atoms with van der Waals surface area (Å²) in [5, 5.41) is 0. The standard InChI is InChI=1S/C10H19NO3/c1-11(6-5-10(12)13-2)8-9-4-3-7-14-9/h9H,3-8H2,1-2H3/t9-/m1/s1. The molecule has 1 saturated heterocycles. The molecule has 14 heavy (non-hydrogen) atoms. The lowest BCUT2D eigenvalue weighted by molar-refractivity contribution is -0.141. The fourth-order valence-corrected chi connectivity index (χ4v) is 1.61. The van der Waals surface area contributed by atoms with Crippen molar-refractivity contribution < 1.29 is 14.3 Å². The van der Waals surface area contributed by atoms with Gasteiger partial charge in [-0.25, -0.2) is 0 Å². The summed E-state index contributed by atoms with van der Waals surface area (Å²) in [5.74, 6) is -0.149. The minimum Gasteiger partial charge on any atom is -0.469 e. The molecule has 4 heteroatoms. The summed E-state index contributed by atoms with van der Waals surface area (Å²) in [6, 6.07) is 0. The van der Waals surface area contributed by atoms with Gasteiger partial charge in [-0.15, -0.1) is 0 Å². The van der Waals surface area contributed by atoms with Gasteiger partial charge in [0.15, 0.2) is 0 Å². The van der Waals surface area contributed by atoms with Crippen molar-refractivity contribution >= 4 is 5.97 Å². The van der Waals surface area contributed by atoms with E-state index in [1.165, 1.54) is 7.11 Å². The van der Waals surface area contributed by atoms with Gasteiger partial charge in [0.2, 0.25) is 0 Å². The number of ether oxygens (including phenoxy) is 2. The van der Waals surface area contributed by atoms with E-state index in [1.54, 1.807) is 0 Å². The highest BCUT2D eigenvalue weighted by atomic mass is 16.5. The molecule has 0 amide bonds. The Balaban J connectivity index is 2.08. The number of nitrogens with zero attached hydrogens (tertiary/aromatic N) is 1. The molecule has 0 unspecified atom stereocenters. The summed E-state index contributed by atoms with van der Waals surface area (Å²) in [6.07, 6.45) is 3.12. The molecule has 0 aromatic carbocycles. The smallest absolute Gasteiger partial charge is 0.306 e. The fourth-order valence-electron chi connectivity index (χ4n) is 1.61. The normalized spacial score (nSPS) is 21.5. The van der Waals surface area contributed by atoms with Gasteiger partial charge in [0.05, 0.1) is 19.6 Å². The van der Waals surface area contributed by atoms with Crippen molar-refractivity contribution in [3.05, 3.63) is 0 Å². The Morgan fingerprint density at radius 3 is 3.00 bits per heavy atom. The Morgan fingerprint density at radius 2 is 2.43 bits per heavy atom. The van der Waals surface area contributed by atoms with Gasteiger partial charge in [0.1, 0.15) is 0 Å². The number of carbonyl (C=O) groups is 1. The molecule has 1 fully saturated rings. The minimum absolute atomic E-state index is 0.149. The van der Waals surface area contributed by atoms with Crippen molar-refractivity contribution in [1.29, 1.82) is 0 Å². The molecule has 0 aliphatic carbocycles. The largest absolute Gasteiger partial charge is 0.469 e. The van der Waals surface area contributed by atoms with Crippen molar-refractivity contribution in [3.8, 4) is 0 Å². The number of hydrogen-bond acceptors (Lipinski definition) is 4.